The van der Waals surface area contributed by atoms with Crippen molar-refractivity contribution >= 4 is 17.4 Å². The summed E-state index contributed by atoms with van der Waals surface area (Å²) in [5, 5.41) is 0.316. The molecular formula is C13H20ClN3O. The molecule has 4 nitrogen and oxygen atoms in total. The molecule has 1 atom stereocenters. The maximum atomic E-state index is 6.04. The molecule has 1 aromatic heterocycles. The Balaban J connectivity index is 2.35. The van der Waals surface area contributed by atoms with Crippen molar-refractivity contribution in [3.63, 3.8) is 0 Å². The second-order valence-electron chi connectivity index (χ2n) is 5.75. The summed E-state index contributed by atoms with van der Waals surface area (Å²) in [5.41, 5.74) is 0.938. The fourth-order valence-corrected chi connectivity index (χ4v) is 2.18. The van der Waals surface area contributed by atoms with Gasteiger partial charge in [-0.3, -0.25) is 0 Å². The van der Waals surface area contributed by atoms with E-state index in [0.29, 0.717) is 11.3 Å². The molecule has 0 aliphatic carbocycles. The first-order valence-corrected chi connectivity index (χ1v) is 6.65. The van der Waals surface area contributed by atoms with Crippen molar-refractivity contribution in [1.29, 1.82) is 0 Å². The van der Waals surface area contributed by atoms with Crippen molar-refractivity contribution < 1.29 is 4.74 Å². The van der Waals surface area contributed by atoms with E-state index < -0.39 is 0 Å². The van der Waals surface area contributed by atoms with E-state index in [1.807, 2.05) is 6.07 Å². The Kier molecular flexibility index (Phi) is 3.78. The molecule has 0 spiro atoms. The van der Waals surface area contributed by atoms with Gasteiger partial charge in [0.15, 0.2) is 0 Å². The van der Waals surface area contributed by atoms with Gasteiger partial charge in [0.1, 0.15) is 5.82 Å². The lowest BCUT2D eigenvalue weighted by molar-refractivity contribution is 0.0985. The first kappa shape index (κ1) is 13.6. The molecule has 0 saturated carbocycles. The summed E-state index contributed by atoms with van der Waals surface area (Å²) in [6.07, 6.45) is 0. The van der Waals surface area contributed by atoms with E-state index in [1.165, 1.54) is 0 Å². The van der Waals surface area contributed by atoms with Gasteiger partial charge in [0.05, 0.1) is 24.9 Å². The van der Waals surface area contributed by atoms with Crippen LogP contribution in [0.3, 0.4) is 0 Å². The Morgan fingerprint density at radius 1 is 1.39 bits per heavy atom. The molecule has 1 fully saturated rings. The minimum Gasteiger partial charge on any atom is -0.377 e. The molecule has 0 unspecified atom stereocenters. The van der Waals surface area contributed by atoms with Gasteiger partial charge in [-0.2, -0.15) is 0 Å². The monoisotopic (exact) mass is 269 g/mol. The molecular weight excluding hydrogens is 250 g/mol. The first-order valence-electron chi connectivity index (χ1n) is 6.27. The van der Waals surface area contributed by atoms with Crippen LogP contribution < -0.4 is 4.90 Å². The average molecular weight is 270 g/mol. The van der Waals surface area contributed by atoms with E-state index in [2.05, 4.69) is 42.6 Å². The van der Waals surface area contributed by atoms with Crippen LogP contribution >= 0.6 is 11.6 Å². The normalized spacial score (nSPS) is 21.2. The molecule has 1 saturated heterocycles. The zero-order valence-electron chi connectivity index (χ0n) is 11.4. The van der Waals surface area contributed by atoms with E-state index >= 15 is 0 Å². The molecule has 0 N–H and O–H groups in total. The smallest absolute Gasteiger partial charge is 0.224 e. The molecule has 1 aromatic rings. The third-order valence-corrected chi connectivity index (χ3v) is 3.28. The number of aromatic nitrogens is 2. The number of hydrogen-bond acceptors (Lipinski definition) is 4. The zero-order chi connectivity index (χ0) is 13.3. The van der Waals surface area contributed by atoms with Gasteiger partial charge >= 0.3 is 0 Å². The highest BCUT2D eigenvalue weighted by molar-refractivity contribution is 6.28. The quantitative estimate of drug-likeness (QED) is 0.735. The van der Waals surface area contributed by atoms with Crippen molar-refractivity contribution in [3.8, 4) is 0 Å². The van der Waals surface area contributed by atoms with Crippen molar-refractivity contribution in [2.75, 3.05) is 24.7 Å². The van der Waals surface area contributed by atoms with Gasteiger partial charge in [-0.05, 0) is 18.5 Å². The van der Waals surface area contributed by atoms with Crippen LogP contribution in [0.25, 0.3) is 0 Å². The first-order chi connectivity index (χ1) is 8.38. The number of halogens is 1. The summed E-state index contributed by atoms with van der Waals surface area (Å²) in [7, 11) is 0. The summed E-state index contributed by atoms with van der Waals surface area (Å²) in [6, 6.07) is 2.35. The Bertz CT molecular complexity index is 431. The molecule has 18 heavy (non-hydrogen) atoms. The van der Waals surface area contributed by atoms with Crippen LogP contribution in [0.15, 0.2) is 6.07 Å². The lowest BCUT2D eigenvalue weighted by Gasteiger charge is -2.34. The maximum Gasteiger partial charge on any atom is 0.224 e. The molecule has 2 heterocycles. The van der Waals surface area contributed by atoms with Gasteiger partial charge in [0.2, 0.25) is 5.28 Å². The number of hydrogen-bond donors (Lipinski definition) is 0. The summed E-state index contributed by atoms with van der Waals surface area (Å²) < 4.78 is 5.44. The number of nitrogens with zero attached hydrogens (tertiary/aromatic N) is 3. The van der Waals surface area contributed by atoms with Crippen LogP contribution in [0.2, 0.25) is 5.28 Å². The number of rotatable bonds is 1. The fourth-order valence-electron chi connectivity index (χ4n) is 2.00. The summed E-state index contributed by atoms with van der Waals surface area (Å²) in [6.45, 7) is 10.8. The molecule has 1 aliphatic heterocycles. The van der Waals surface area contributed by atoms with Gasteiger partial charge < -0.3 is 9.64 Å². The summed E-state index contributed by atoms with van der Waals surface area (Å²) >= 11 is 6.04. The predicted octanol–water partition coefficient (Wildman–Crippen LogP) is 2.65. The van der Waals surface area contributed by atoms with Crippen LogP contribution in [-0.2, 0) is 10.2 Å². The van der Waals surface area contributed by atoms with Crippen LogP contribution in [0.1, 0.15) is 33.4 Å². The standard InChI is InChI=1S/C13H20ClN3O/c1-9-8-18-6-5-17(9)11-7-10(13(2,3)4)15-12(14)16-11/h7,9H,5-6,8H2,1-4H3/t9-/m1/s1. The number of ether oxygens (including phenoxy) is 1. The molecule has 0 radical (unpaired) electrons. The third kappa shape index (κ3) is 2.93. The van der Waals surface area contributed by atoms with E-state index in [1.54, 1.807) is 0 Å². The van der Waals surface area contributed by atoms with Crippen molar-refractivity contribution in [1.82, 2.24) is 9.97 Å². The molecule has 0 bridgehead atoms. The molecule has 100 valence electrons. The fraction of sp³-hybridized carbons (Fsp3) is 0.692. The van der Waals surface area contributed by atoms with Gasteiger partial charge in [0.25, 0.3) is 0 Å². The predicted molar refractivity (Wildman–Crippen MR) is 73.4 cm³/mol. The average Bonchev–Trinajstić information content (AvgIpc) is 2.27. The Hall–Kier alpha value is -0.870. The van der Waals surface area contributed by atoms with E-state index in [9.17, 15) is 0 Å². The zero-order valence-corrected chi connectivity index (χ0v) is 12.2. The minimum atomic E-state index is -0.0309. The SMILES string of the molecule is C[C@@H]1COCCN1c1cc(C(C)(C)C)nc(Cl)n1. The second kappa shape index (κ2) is 5.02. The van der Waals surface area contributed by atoms with Crippen LogP contribution in [0, 0.1) is 0 Å². The molecule has 0 aromatic carbocycles. The Morgan fingerprint density at radius 3 is 2.72 bits per heavy atom. The van der Waals surface area contributed by atoms with Crippen molar-refractivity contribution in [2.45, 2.75) is 39.2 Å². The molecule has 1 aliphatic rings. The highest BCUT2D eigenvalue weighted by Gasteiger charge is 2.24. The van der Waals surface area contributed by atoms with Crippen LogP contribution in [-0.4, -0.2) is 35.8 Å². The largest absolute Gasteiger partial charge is 0.377 e. The summed E-state index contributed by atoms with van der Waals surface area (Å²) in [5.74, 6) is 0.899. The van der Waals surface area contributed by atoms with E-state index in [-0.39, 0.29) is 5.41 Å². The second-order valence-corrected chi connectivity index (χ2v) is 6.09. The van der Waals surface area contributed by atoms with Gasteiger partial charge in [-0.1, -0.05) is 20.8 Å². The maximum absolute atomic E-state index is 6.04. The summed E-state index contributed by atoms with van der Waals surface area (Å²) in [4.78, 5) is 10.9. The Morgan fingerprint density at radius 2 is 2.11 bits per heavy atom. The lowest BCUT2D eigenvalue weighted by atomic mass is 9.92. The molecule has 5 heteroatoms. The highest BCUT2D eigenvalue weighted by atomic mass is 35.5. The van der Waals surface area contributed by atoms with Gasteiger partial charge in [-0.15, -0.1) is 0 Å². The number of morpholine rings is 1. The van der Waals surface area contributed by atoms with Crippen molar-refractivity contribution in [3.05, 3.63) is 17.0 Å². The molecule has 2 rings (SSSR count). The Labute approximate surface area is 113 Å². The van der Waals surface area contributed by atoms with Crippen LogP contribution in [0.4, 0.5) is 5.82 Å². The molecule has 0 amide bonds. The van der Waals surface area contributed by atoms with E-state index in [4.69, 9.17) is 16.3 Å². The van der Waals surface area contributed by atoms with Crippen LogP contribution in [0.5, 0.6) is 0 Å². The van der Waals surface area contributed by atoms with Gasteiger partial charge in [0, 0.05) is 18.0 Å². The number of anilines is 1. The minimum absolute atomic E-state index is 0.0309. The van der Waals surface area contributed by atoms with Crippen molar-refractivity contribution in [2.24, 2.45) is 0 Å². The third-order valence-electron chi connectivity index (χ3n) is 3.12. The lowest BCUT2D eigenvalue weighted by Crippen LogP contribution is -2.44. The van der Waals surface area contributed by atoms with E-state index in [0.717, 1.165) is 31.3 Å². The topological polar surface area (TPSA) is 38.2 Å². The van der Waals surface area contributed by atoms with Gasteiger partial charge in [-0.25, -0.2) is 9.97 Å². The highest BCUT2D eigenvalue weighted by Crippen LogP contribution is 2.26.